The van der Waals surface area contributed by atoms with Crippen molar-refractivity contribution in [3.63, 3.8) is 0 Å². The number of methoxy groups -OCH3 is 1. The molecule has 0 spiro atoms. The molecule has 2 rings (SSSR count). The monoisotopic (exact) mass is 357 g/mol. The van der Waals surface area contributed by atoms with E-state index in [9.17, 15) is 9.59 Å². The number of amides is 1. The lowest BCUT2D eigenvalue weighted by Gasteiger charge is -2.10. The van der Waals surface area contributed by atoms with Crippen LogP contribution in [0.25, 0.3) is 0 Å². The molecule has 0 fully saturated rings. The average molecular weight is 357 g/mol. The molecule has 0 heterocycles. The summed E-state index contributed by atoms with van der Waals surface area (Å²) in [5.74, 6) is 0.402. The SMILES string of the molecule is COc1ccc(CNC(=O)COC(=O)COc2ccc(C)cc2C)cc1. The minimum absolute atomic E-state index is 0.240. The minimum Gasteiger partial charge on any atom is -0.497 e. The van der Waals surface area contributed by atoms with Gasteiger partial charge in [0.1, 0.15) is 11.5 Å². The third-order valence-electron chi connectivity index (χ3n) is 3.69. The molecule has 2 aromatic rings. The highest BCUT2D eigenvalue weighted by atomic mass is 16.6. The molecule has 0 bridgehead atoms. The first kappa shape index (κ1) is 19.3. The fourth-order valence-corrected chi connectivity index (χ4v) is 2.28. The van der Waals surface area contributed by atoms with Crippen LogP contribution in [-0.4, -0.2) is 32.2 Å². The topological polar surface area (TPSA) is 73.9 Å². The van der Waals surface area contributed by atoms with Crippen molar-refractivity contribution in [2.75, 3.05) is 20.3 Å². The van der Waals surface area contributed by atoms with Crippen molar-refractivity contribution in [3.8, 4) is 11.5 Å². The van der Waals surface area contributed by atoms with Crippen LogP contribution in [0.3, 0.4) is 0 Å². The van der Waals surface area contributed by atoms with Crippen LogP contribution >= 0.6 is 0 Å². The molecule has 0 aliphatic carbocycles. The number of hydrogen-bond acceptors (Lipinski definition) is 5. The van der Waals surface area contributed by atoms with Gasteiger partial charge in [0, 0.05) is 6.54 Å². The summed E-state index contributed by atoms with van der Waals surface area (Å²) in [7, 11) is 1.59. The molecule has 0 aliphatic heterocycles. The number of benzene rings is 2. The number of aryl methyl sites for hydroxylation is 2. The van der Waals surface area contributed by atoms with Crippen LogP contribution in [0.1, 0.15) is 16.7 Å². The number of rotatable bonds is 8. The van der Waals surface area contributed by atoms with Crippen LogP contribution in [0.15, 0.2) is 42.5 Å². The van der Waals surface area contributed by atoms with Gasteiger partial charge in [0.2, 0.25) is 0 Å². The number of carbonyl (C=O) groups is 2. The number of esters is 1. The first-order valence-corrected chi connectivity index (χ1v) is 8.23. The fraction of sp³-hybridized carbons (Fsp3) is 0.300. The second-order valence-corrected chi connectivity index (χ2v) is 5.84. The number of carbonyl (C=O) groups excluding carboxylic acids is 2. The van der Waals surface area contributed by atoms with Gasteiger partial charge in [0.25, 0.3) is 5.91 Å². The molecular formula is C20H23NO5. The van der Waals surface area contributed by atoms with Crippen molar-refractivity contribution in [1.29, 1.82) is 0 Å². The highest BCUT2D eigenvalue weighted by Crippen LogP contribution is 2.18. The van der Waals surface area contributed by atoms with Crippen molar-refractivity contribution in [2.24, 2.45) is 0 Å². The van der Waals surface area contributed by atoms with E-state index in [1.54, 1.807) is 13.2 Å². The summed E-state index contributed by atoms with van der Waals surface area (Å²) < 4.78 is 15.4. The van der Waals surface area contributed by atoms with Gasteiger partial charge < -0.3 is 19.5 Å². The van der Waals surface area contributed by atoms with Gasteiger partial charge >= 0.3 is 5.97 Å². The average Bonchev–Trinajstić information content (AvgIpc) is 2.64. The summed E-state index contributed by atoms with van der Waals surface area (Å²) in [6.45, 7) is 3.65. The second kappa shape index (κ2) is 9.46. The van der Waals surface area contributed by atoms with E-state index in [-0.39, 0.29) is 19.1 Å². The molecule has 0 unspecified atom stereocenters. The van der Waals surface area contributed by atoms with Gasteiger partial charge in [-0.15, -0.1) is 0 Å². The molecular weight excluding hydrogens is 334 g/mol. The predicted octanol–water partition coefficient (Wildman–Crippen LogP) is 2.55. The van der Waals surface area contributed by atoms with E-state index in [0.29, 0.717) is 12.3 Å². The van der Waals surface area contributed by atoms with Crippen molar-refractivity contribution in [2.45, 2.75) is 20.4 Å². The lowest BCUT2D eigenvalue weighted by Crippen LogP contribution is -2.29. The van der Waals surface area contributed by atoms with E-state index in [0.717, 1.165) is 22.4 Å². The number of ether oxygens (including phenoxy) is 3. The molecule has 6 heteroatoms. The zero-order valence-corrected chi connectivity index (χ0v) is 15.2. The molecule has 0 saturated carbocycles. The summed E-state index contributed by atoms with van der Waals surface area (Å²) in [6.07, 6.45) is 0. The van der Waals surface area contributed by atoms with Crippen LogP contribution in [-0.2, 0) is 20.9 Å². The minimum atomic E-state index is -0.593. The molecule has 0 aliphatic rings. The van der Waals surface area contributed by atoms with Crippen LogP contribution < -0.4 is 14.8 Å². The summed E-state index contributed by atoms with van der Waals surface area (Å²) in [6, 6.07) is 13.0. The Labute approximate surface area is 153 Å². The van der Waals surface area contributed by atoms with E-state index >= 15 is 0 Å². The Hall–Kier alpha value is -3.02. The van der Waals surface area contributed by atoms with E-state index in [2.05, 4.69) is 5.32 Å². The molecule has 6 nitrogen and oxygen atoms in total. The molecule has 0 atom stereocenters. The smallest absolute Gasteiger partial charge is 0.344 e. The first-order chi connectivity index (χ1) is 12.5. The normalized spacial score (nSPS) is 10.1. The quantitative estimate of drug-likeness (QED) is 0.735. The predicted molar refractivity (Wildman–Crippen MR) is 97.2 cm³/mol. The third-order valence-corrected chi connectivity index (χ3v) is 3.69. The van der Waals surface area contributed by atoms with Gasteiger partial charge in [-0.1, -0.05) is 29.8 Å². The zero-order chi connectivity index (χ0) is 18.9. The molecule has 138 valence electrons. The standard InChI is InChI=1S/C20H23NO5/c1-14-4-9-18(15(2)10-14)25-13-20(23)26-12-19(22)21-11-16-5-7-17(24-3)8-6-16/h4-10H,11-13H2,1-3H3,(H,21,22). The van der Waals surface area contributed by atoms with Crippen molar-refractivity contribution in [1.82, 2.24) is 5.32 Å². The van der Waals surface area contributed by atoms with E-state index in [1.165, 1.54) is 0 Å². The van der Waals surface area contributed by atoms with Crippen molar-refractivity contribution >= 4 is 11.9 Å². The van der Waals surface area contributed by atoms with Gasteiger partial charge in [0.05, 0.1) is 7.11 Å². The molecule has 1 amide bonds. The Morgan fingerprint density at radius 1 is 1.00 bits per heavy atom. The Kier molecular flexibility index (Phi) is 7.02. The summed E-state index contributed by atoms with van der Waals surface area (Å²) in [5, 5.41) is 2.68. The maximum Gasteiger partial charge on any atom is 0.344 e. The van der Waals surface area contributed by atoms with Crippen LogP contribution in [0.5, 0.6) is 11.5 Å². The van der Waals surface area contributed by atoms with Crippen LogP contribution in [0.2, 0.25) is 0 Å². The lowest BCUT2D eigenvalue weighted by molar-refractivity contribution is -0.150. The molecule has 0 aromatic heterocycles. The van der Waals surface area contributed by atoms with E-state index < -0.39 is 5.97 Å². The van der Waals surface area contributed by atoms with Gasteiger partial charge in [0.15, 0.2) is 13.2 Å². The Bertz CT molecular complexity index is 755. The summed E-state index contributed by atoms with van der Waals surface area (Å²) in [4.78, 5) is 23.5. The van der Waals surface area contributed by atoms with E-state index in [4.69, 9.17) is 14.2 Å². The molecule has 1 N–H and O–H groups in total. The van der Waals surface area contributed by atoms with Crippen molar-refractivity contribution < 1.29 is 23.8 Å². The third kappa shape index (κ3) is 6.12. The molecule has 26 heavy (non-hydrogen) atoms. The first-order valence-electron chi connectivity index (χ1n) is 8.23. The molecule has 0 radical (unpaired) electrons. The van der Waals surface area contributed by atoms with Crippen LogP contribution in [0, 0.1) is 13.8 Å². The summed E-state index contributed by atoms with van der Waals surface area (Å²) >= 11 is 0. The Morgan fingerprint density at radius 2 is 1.73 bits per heavy atom. The second-order valence-electron chi connectivity index (χ2n) is 5.84. The largest absolute Gasteiger partial charge is 0.497 e. The van der Waals surface area contributed by atoms with Gasteiger partial charge in [-0.2, -0.15) is 0 Å². The molecule has 0 saturated heterocycles. The fourth-order valence-electron chi connectivity index (χ4n) is 2.28. The highest BCUT2D eigenvalue weighted by molar-refractivity contribution is 5.80. The summed E-state index contributed by atoms with van der Waals surface area (Å²) in [5.41, 5.74) is 2.98. The maximum atomic E-state index is 11.8. The van der Waals surface area contributed by atoms with Crippen molar-refractivity contribution in [3.05, 3.63) is 59.2 Å². The van der Waals surface area contributed by atoms with E-state index in [1.807, 2.05) is 50.2 Å². The lowest BCUT2D eigenvalue weighted by atomic mass is 10.1. The van der Waals surface area contributed by atoms with Gasteiger partial charge in [-0.3, -0.25) is 4.79 Å². The Morgan fingerprint density at radius 3 is 2.38 bits per heavy atom. The number of hydrogen-bond donors (Lipinski definition) is 1. The van der Waals surface area contributed by atoms with Crippen LogP contribution in [0.4, 0.5) is 0 Å². The maximum absolute atomic E-state index is 11.8. The number of nitrogens with one attached hydrogen (secondary N) is 1. The van der Waals surface area contributed by atoms with Gasteiger partial charge in [-0.25, -0.2) is 4.79 Å². The Balaban J connectivity index is 1.68. The highest BCUT2D eigenvalue weighted by Gasteiger charge is 2.09. The zero-order valence-electron chi connectivity index (χ0n) is 15.2. The van der Waals surface area contributed by atoms with Gasteiger partial charge in [-0.05, 0) is 43.2 Å². The molecule has 2 aromatic carbocycles.